The van der Waals surface area contributed by atoms with Crippen molar-refractivity contribution in [2.45, 2.75) is 6.54 Å². The van der Waals surface area contributed by atoms with Crippen molar-refractivity contribution in [3.05, 3.63) is 95.1 Å². The summed E-state index contributed by atoms with van der Waals surface area (Å²) in [4.78, 5) is 51.2. The Balaban J connectivity index is 1.37. The van der Waals surface area contributed by atoms with Crippen molar-refractivity contribution in [1.29, 1.82) is 0 Å². The van der Waals surface area contributed by atoms with Crippen molar-refractivity contribution in [2.75, 3.05) is 32.1 Å². The van der Waals surface area contributed by atoms with Crippen LogP contribution in [0.2, 0.25) is 0 Å². The van der Waals surface area contributed by atoms with Crippen LogP contribution in [0.5, 0.6) is 5.75 Å². The summed E-state index contributed by atoms with van der Waals surface area (Å²) in [5.41, 5.74) is 2.44. The first kappa shape index (κ1) is 24.5. The van der Waals surface area contributed by atoms with Crippen molar-refractivity contribution in [2.24, 2.45) is 0 Å². The van der Waals surface area contributed by atoms with Gasteiger partial charge in [-0.3, -0.25) is 19.2 Å². The van der Waals surface area contributed by atoms with Crippen molar-refractivity contribution in [1.82, 2.24) is 15.5 Å². The Kier molecular flexibility index (Phi) is 7.60. The van der Waals surface area contributed by atoms with E-state index in [0.29, 0.717) is 41.2 Å². The van der Waals surface area contributed by atoms with Gasteiger partial charge in [-0.15, -0.1) is 0 Å². The lowest BCUT2D eigenvalue weighted by Crippen LogP contribution is -2.49. The van der Waals surface area contributed by atoms with Gasteiger partial charge in [0.05, 0.1) is 24.9 Å². The van der Waals surface area contributed by atoms with Crippen molar-refractivity contribution < 1.29 is 23.9 Å². The van der Waals surface area contributed by atoms with Crippen LogP contribution in [0.15, 0.2) is 72.8 Å². The summed E-state index contributed by atoms with van der Waals surface area (Å²) in [7, 11) is 1.55. The SMILES string of the molecule is COc1ccc(C(=O)Nc2ccccc2C(=O)NCc2ccc(C(=O)N3CCNC(=O)C3)cc2)cc1. The number of anilines is 1. The highest BCUT2D eigenvalue weighted by molar-refractivity contribution is 6.09. The number of hydrogen-bond donors (Lipinski definition) is 3. The molecule has 1 aliphatic rings. The van der Waals surface area contributed by atoms with Gasteiger partial charge in [0.2, 0.25) is 5.91 Å². The van der Waals surface area contributed by atoms with E-state index in [9.17, 15) is 19.2 Å². The molecule has 1 aliphatic heterocycles. The molecule has 1 saturated heterocycles. The molecule has 0 unspecified atom stereocenters. The standard InChI is InChI=1S/C27H26N4O5/c1-36-21-12-10-19(11-13-21)25(33)30-23-5-3-2-4-22(23)26(34)29-16-18-6-8-20(9-7-18)27(35)31-15-14-28-24(32)17-31/h2-13H,14-17H2,1H3,(H,28,32)(H,29,34)(H,30,33). The van der Waals surface area contributed by atoms with Gasteiger partial charge in [-0.05, 0) is 54.1 Å². The number of para-hydroxylation sites is 1. The zero-order valence-electron chi connectivity index (χ0n) is 19.7. The molecule has 1 fully saturated rings. The molecule has 0 spiro atoms. The summed E-state index contributed by atoms with van der Waals surface area (Å²) in [6.45, 7) is 1.19. The predicted molar refractivity (Wildman–Crippen MR) is 134 cm³/mol. The van der Waals surface area contributed by atoms with Crippen LogP contribution in [0.1, 0.15) is 36.6 Å². The molecular weight excluding hydrogens is 460 g/mol. The minimum absolute atomic E-state index is 0.0467. The number of nitrogens with zero attached hydrogens (tertiary/aromatic N) is 1. The first-order valence-electron chi connectivity index (χ1n) is 11.4. The molecule has 36 heavy (non-hydrogen) atoms. The summed E-state index contributed by atoms with van der Waals surface area (Å²) in [6, 6.07) is 20.3. The van der Waals surface area contributed by atoms with Crippen molar-refractivity contribution in [3.63, 3.8) is 0 Å². The average molecular weight is 487 g/mol. The number of benzene rings is 3. The van der Waals surface area contributed by atoms with Crippen LogP contribution in [0, 0.1) is 0 Å². The molecule has 0 saturated carbocycles. The summed E-state index contributed by atoms with van der Waals surface area (Å²) in [5.74, 6) is -0.427. The fraction of sp³-hybridized carbons (Fsp3) is 0.185. The van der Waals surface area contributed by atoms with Crippen molar-refractivity contribution in [3.8, 4) is 5.75 Å². The summed E-state index contributed by atoms with van der Waals surface area (Å²) >= 11 is 0. The number of hydrogen-bond acceptors (Lipinski definition) is 5. The van der Waals surface area contributed by atoms with E-state index in [4.69, 9.17) is 4.74 Å². The van der Waals surface area contributed by atoms with Gasteiger partial charge in [-0.2, -0.15) is 0 Å². The fourth-order valence-corrected chi connectivity index (χ4v) is 3.76. The monoisotopic (exact) mass is 486 g/mol. The Hall–Kier alpha value is -4.66. The van der Waals surface area contributed by atoms with E-state index < -0.39 is 0 Å². The van der Waals surface area contributed by atoms with E-state index in [2.05, 4.69) is 16.0 Å². The first-order chi connectivity index (χ1) is 17.4. The molecule has 3 N–H and O–H groups in total. The van der Waals surface area contributed by atoms with E-state index in [-0.39, 0.29) is 36.7 Å². The minimum atomic E-state index is -0.347. The molecule has 9 nitrogen and oxygen atoms in total. The Morgan fingerprint density at radius 2 is 1.61 bits per heavy atom. The first-order valence-corrected chi connectivity index (χ1v) is 11.4. The molecule has 184 valence electrons. The molecular formula is C27H26N4O5. The normalized spacial score (nSPS) is 12.9. The van der Waals surface area contributed by atoms with Gasteiger partial charge >= 0.3 is 0 Å². The lowest BCUT2D eigenvalue weighted by molar-refractivity contribution is -0.123. The third kappa shape index (κ3) is 5.87. The maximum atomic E-state index is 12.9. The van der Waals surface area contributed by atoms with E-state index >= 15 is 0 Å². The molecule has 0 bridgehead atoms. The predicted octanol–water partition coefficient (Wildman–Crippen LogP) is 2.45. The summed E-state index contributed by atoms with van der Waals surface area (Å²) < 4.78 is 5.11. The topological polar surface area (TPSA) is 117 Å². The molecule has 4 amide bonds. The van der Waals surface area contributed by atoms with Gasteiger partial charge < -0.3 is 25.6 Å². The molecule has 0 aliphatic carbocycles. The molecule has 1 heterocycles. The number of ether oxygens (including phenoxy) is 1. The van der Waals surface area contributed by atoms with Crippen LogP contribution in [0.3, 0.4) is 0 Å². The third-order valence-corrected chi connectivity index (χ3v) is 5.75. The second-order valence-electron chi connectivity index (χ2n) is 8.18. The Labute approximate surface area is 208 Å². The molecule has 0 aromatic heterocycles. The molecule has 0 atom stereocenters. The number of nitrogens with one attached hydrogen (secondary N) is 3. The Morgan fingerprint density at radius 1 is 0.917 bits per heavy atom. The smallest absolute Gasteiger partial charge is 0.255 e. The molecule has 9 heteroatoms. The molecule has 3 aromatic rings. The zero-order chi connectivity index (χ0) is 25.5. The second kappa shape index (κ2) is 11.2. The van der Waals surface area contributed by atoms with Crippen LogP contribution in [-0.4, -0.2) is 55.3 Å². The minimum Gasteiger partial charge on any atom is -0.497 e. The number of rotatable bonds is 7. The molecule has 0 radical (unpaired) electrons. The van der Waals surface area contributed by atoms with E-state index in [0.717, 1.165) is 5.56 Å². The lowest BCUT2D eigenvalue weighted by atomic mass is 10.1. The van der Waals surface area contributed by atoms with Crippen LogP contribution >= 0.6 is 0 Å². The van der Waals surface area contributed by atoms with Gasteiger partial charge in [-0.25, -0.2) is 0 Å². The number of carbonyl (C=O) groups excluding carboxylic acids is 4. The van der Waals surface area contributed by atoms with E-state index in [1.165, 1.54) is 4.90 Å². The van der Waals surface area contributed by atoms with Crippen molar-refractivity contribution >= 4 is 29.3 Å². The number of methoxy groups -OCH3 is 1. The highest BCUT2D eigenvalue weighted by Gasteiger charge is 2.22. The zero-order valence-corrected chi connectivity index (χ0v) is 19.7. The molecule has 3 aromatic carbocycles. The lowest BCUT2D eigenvalue weighted by Gasteiger charge is -2.26. The van der Waals surface area contributed by atoms with Gasteiger partial charge in [0.15, 0.2) is 0 Å². The number of piperazine rings is 1. The highest BCUT2D eigenvalue weighted by atomic mass is 16.5. The third-order valence-electron chi connectivity index (χ3n) is 5.75. The summed E-state index contributed by atoms with van der Waals surface area (Å²) in [5, 5.41) is 8.33. The van der Waals surface area contributed by atoms with Crippen LogP contribution < -0.4 is 20.7 Å². The largest absolute Gasteiger partial charge is 0.497 e. The highest BCUT2D eigenvalue weighted by Crippen LogP contribution is 2.18. The van der Waals surface area contributed by atoms with Crippen LogP contribution in [0.4, 0.5) is 5.69 Å². The molecule has 4 rings (SSSR count). The fourth-order valence-electron chi connectivity index (χ4n) is 3.76. The maximum Gasteiger partial charge on any atom is 0.255 e. The average Bonchev–Trinajstić information content (AvgIpc) is 2.92. The van der Waals surface area contributed by atoms with Gasteiger partial charge in [0, 0.05) is 30.8 Å². The van der Waals surface area contributed by atoms with Crippen LogP contribution in [-0.2, 0) is 11.3 Å². The Bertz CT molecular complexity index is 1270. The quantitative estimate of drug-likeness (QED) is 0.474. The second-order valence-corrected chi connectivity index (χ2v) is 8.18. The Morgan fingerprint density at radius 3 is 2.31 bits per heavy atom. The van der Waals surface area contributed by atoms with E-state index in [1.807, 2.05) is 0 Å². The van der Waals surface area contributed by atoms with Gasteiger partial charge in [0.1, 0.15) is 5.75 Å². The van der Waals surface area contributed by atoms with Gasteiger partial charge in [-0.1, -0.05) is 24.3 Å². The summed E-state index contributed by atoms with van der Waals surface area (Å²) in [6.07, 6.45) is 0. The number of carbonyl (C=O) groups is 4. The number of amides is 4. The maximum absolute atomic E-state index is 12.9. The van der Waals surface area contributed by atoms with E-state index in [1.54, 1.807) is 79.9 Å². The van der Waals surface area contributed by atoms with Crippen LogP contribution in [0.25, 0.3) is 0 Å². The van der Waals surface area contributed by atoms with Gasteiger partial charge in [0.25, 0.3) is 17.7 Å².